The maximum absolute atomic E-state index is 12.5. The normalized spacial score (nSPS) is 17.4. The van der Waals surface area contributed by atoms with Crippen LogP contribution in [-0.2, 0) is 6.54 Å². The van der Waals surface area contributed by atoms with Gasteiger partial charge < -0.3 is 9.51 Å². The summed E-state index contributed by atoms with van der Waals surface area (Å²) in [6.07, 6.45) is 3.66. The number of benzene rings is 1. The van der Waals surface area contributed by atoms with E-state index in [4.69, 9.17) is 4.52 Å². The lowest BCUT2D eigenvalue weighted by Crippen LogP contribution is -2.27. The largest absolute Gasteiger partial charge is 0.337 e. The van der Waals surface area contributed by atoms with Gasteiger partial charge in [-0.1, -0.05) is 29.4 Å². The van der Waals surface area contributed by atoms with Crippen LogP contribution in [0.4, 0.5) is 0 Å². The van der Waals surface area contributed by atoms with Crippen LogP contribution in [-0.4, -0.2) is 31.6 Å². The maximum atomic E-state index is 12.5. The molecule has 0 aliphatic carbocycles. The summed E-state index contributed by atoms with van der Waals surface area (Å²) in [6.45, 7) is 1.43. The number of likely N-dealkylation sites (tertiary alicyclic amines) is 1. The third-order valence-corrected chi connectivity index (χ3v) is 5.19. The average molecular weight is 373 g/mol. The fourth-order valence-electron chi connectivity index (χ4n) is 3.79. The first kappa shape index (κ1) is 16.8. The van der Waals surface area contributed by atoms with Crippen molar-refractivity contribution in [1.29, 1.82) is 0 Å². The Morgan fingerprint density at radius 1 is 1.18 bits per heavy atom. The van der Waals surface area contributed by atoms with Crippen LogP contribution in [0.3, 0.4) is 0 Å². The van der Waals surface area contributed by atoms with Crippen LogP contribution in [0.5, 0.6) is 0 Å². The molecule has 7 heteroatoms. The van der Waals surface area contributed by atoms with E-state index in [1.807, 2.05) is 48.5 Å². The molecule has 0 spiro atoms. The summed E-state index contributed by atoms with van der Waals surface area (Å²) in [5.41, 5.74) is 2.23. The summed E-state index contributed by atoms with van der Waals surface area (Å²) in [4.78, 5) is 26.5. The molecular weight excluding hydrogens is 354 g/mol. The topological polar surface area (TPSA) is 87.9 Å². The van der Waals surface area contributed by atoms with Gasteiger partial charge in [0.15, 0.2) is 0 Å². The summed E-state index contributed by atoms with van der Waals surface area (Å²) in [7, 11) is 0. The highest BCUT2D eigenvalue weighted by atomic mass is 16.5. The van der Waals surface area contributed by atoms with Crippen LogP contribution >= 0.6 is 0 Å². The molecule has 1 aliphatic heterocycles. The lowest BCUT2D eigenvalue weighted by atomic mass is 10.1. The van der Waals surface area contributed by atoms with Gasteiger partial charge in [-0.25, -0.2) is 0 Å². The molecule has 4 aromatic rings. The number of fused-ring (bicyclic) bond motifs is 1. The zero-order valence-electron chi connectivity index (χ0n) is 15.2. The zero-order valence-corrected chi connectivity index (χ0v) is 15.2. The van der Waals surface area contributed by atoms with E-state index in [1.165, 1.54) is 0 Å². The summed E-state index contributed by atoms with van der Waals surface area (Å²) in [5, 5.41) is 5.12. The van der Waals surface area contributed by atoms with E-state index in [0.29, 0.717) is 24.0 Å². The Bertz CT molecular complexity index is 1170. The van der Waals surface area contributed by atoms with Gasteiger partial charge in [0, 0.05) is 23.8 Å². The van der Waals surface area contributed by atoms with E-state index < -0.39 is 0 Å². The van der Waals surface area contributed by atoms with Gasteiger partial charge in [0.05, 0.1) is 6.04 Å². The smallest absolute Gasteiger partial charge is 0.252 e. The van der Waals surface area contributed by atoms with Crippen LogP contribution in [0.15, 0.2) is 64.0 Å². The van der Waals surface area contributed by atoms with Crippen molar-refractivity contribution in [2.75, 3.05) is 6.54 Å². The van der Waals surface area contributed by atoms with Crippen molar-refractivity contribution in [3.05, 3.63) is 76.5 Å². The molecule has 0 saturated carbocycles. The lowest BCUT2D eigenvalue weighted by molar-refractivity contribution is 0.200. The number of rotatable bonds is 4. The van der Waals surface area contributed by atoms with Crippen LogP contribution < -0.4 is 5.56 Å². The highest BCUT2D eigenvalue weighted by Gasteiger charge is 2.31. The number of nitrogens with one attached hydrogen (secondary N) is 1. The van der Waals surface area contributed by atoms with E-state index in [9.17, 15) is 4.79 Å². The fraction of sp³-hybridized carbons (Fsp3) is 0.238. The Hall–Kier alpha value is -3.32. The van der Waals surface area contributed by atoms with Crippen molar-refractivity contribution in [1.82, 2.24) is 25.0 Å². The van der Waals surface area contributed by atoms with E-state index in [1.54, 1.807) is 6.20 Å². The first-order valence-corrected chi connectivity index (χ1v) is 9.38. The zero-order chi connectivity index (χ0) is 18.9. The molecule has 4 heterocycles. The minimum absolute atomic E-state index is 0.0100. The summed E-state index contributed by atoms with van der Waals surface area (Å²) >= 11 is 0. The van der Waals surface area contributed by atoms with Crippen LogP contribution in [0, 0.1) is 0 Å². The van der Waals surface area contributed by atoms with Gasteiger partial charge in [-0.05, 0) is 49.0 Å². The van der Waals surface area contributed by atoms with Crippen molar-refractivity contribution in [2.24, 2.45) is 0 Å². The predicted octanol–water partition coefficient (Wildman–Crippen LogP) is 3.31. The number of aromatic nitrogens is 4. The molecule has 140 valence electrons. The Morgan fingerprint density at radius 2 is 2.07 bits per heavy atom. The second-order valence-electron chi connectivity index (χ2n) is 7.01. The molecule has 0 radical (unpaired) electrons. The van der Waals surface area contributed by atoms with Gasteiger partial charge >= 0.3 is 0 Å². The molecule has 0 amide bonds. The number of pyridine rings is 2. The Labute approximate surface area is 161 Å². The molecule has 0 unspecified atom stereocenters. The quantitative estimate of drug-likeness (QED) is 0.590. The summed E-state index contributed by atoms with van der Waals surface area (Å²) in [5.74, 6) is 1.07. The van der Waals surface area contributed by atoms with Crippen LogP contribution in [0.2, 0.25) is 0 Å². The number of hydrogen-bond acceptors (Lipinski definition) is 6. The highest BCUT2D eigenvalue weighted by Crippen LogP contribution is 2.32. The molecule has 1 saturated heterocycles. The molecule has 28 heavy (non-hydrogen) atoms. The molecule has 3 aromatic heterocycles. The minimum Gasteiger partial charge on any atom is -0.337 e. The standard InChI is InChI=1S/C21H19N5O2/c27-20-15(12-14-6-1-2-7-16(14)23-20)13-26-11-5-9-18(26)21-24-19(25-28-21)17-8-3-4-10-22-17/h1-4,6-8,10,12,18H,5,9,11,13H2,(H,23,27)/t18-/m0/s1. The molecule has 1 atom stereocenters. The molecule has 7 nitrogen and oxygen atoms in total. The monoisotopic (exact) mass is 373 g/mol. The molecule has 1 N–H and O–H groups in total. The molecule has 1 aliphatic rings. The second-order valence-corrected chi connectivity index (χ2v) is 7.01. The Kier molecular flexibility index (Phi) is 4.21. The number of para-hydroxylation sites is 1. The molecule has 5 rings (SSSR count). The van der Waals surface area contributed by atoms with Gasteiger partial charge in [-0.15, -0.1) is 0 Å². The van der Waals surface area contributed by atoms with Crippen molar-refractivity contribution in [2.45, 2.75) is 25.4 Å². The van der Waals surface area contributed by atoms with Crippen molar-refractivity contribution in [3.63, 3.8) is 0 Å². The van der Waals surface area contributed by atoms with Gasteiger partial charge in [-0.2, -0.15) is 4.98 Å². The maximum Gasteiger partial charge on any atom is 0.252 e. The average Bonchev–Trinajstić information content (AvgIpc) is 3.38. The van der Waals surface area contributed by atoms with Gasteiger partial charge in [0.1, 0.15) is 5.69 Å². The number of aromatic amines is 1. The highest BCUT2D eigenvalue weighted by molar-refractivity contribution is 5.78. The van der Waals surface area contributed by atoms with Gasteiger partial charge in [0.2, 0.25) is 11.7 Å². The fourth-order valence-corrected chi connectivity index (χ4v) is 3.79. The van der Waals surface area contributed by atoms with Crippen LogP contribution in [0.1, 0.15) is 30.3 Å². The summed E-state index contributed by atoms with van der Waals surface area (Å²) < 4.78 is 5.54. The predicted molar refractivity (Wildman–Crippen MR) is 104 cm³/mol. The first-order valence-electron chi connectivity index (χ1n) is 9.38. The SMILES string of the molecule is O=c1[nH]c2ccccc2cc1CN1CCC[C@H]1c1nc(-c2ccccn2)no1. The first-order chi connectivity index (χ1) is 13.8. The molecule has 0 bridgehead atoms. The van der Waals surface area contributed by atoms with Gasteiger partial charge in [-0.3, -0.25) is 14.7 Å². The number of hydrogen-bond donors (Lipinski definition) is 1. The Balaban J connectivity index is 1.41. The van der Waals surface area contributed by atoms with E-state index in [0.717, 1.165) is 35.9 Å². The van der Waals surface area contributed by atoms with Crippen molar-refractivity contribution >= 4 is 10.9 Å². The molecule has 1 fully saturated rings. The molecular formula is C21H19N5O2. The third kappa shape index (κ3) is 3.10. The third-order valence-electron chi connectivity index (χ3n) is 5.19. The van der Waals surface area contributed by atoms with Gasteiger partial charge in [0.25, 0.3) is 5.56 Å². The number of nitrogens with zero attached hydrogens (tertiary/aromatic N) is 4. The van der Waals surface area contributed by atoms with E-state index >= 15 is 0 Å². The van der Waals surface area contributed by atoms with Crippen molar-refractivity contribution < 1.29 is 4.52 Å². The van der Waals surface area contributed by atoms with E-state index in [2.05, 4.69) is 25.0 Å². The molecule has 1 aromatic carbocycles. The Morgan fingerprint density at radius 3 is 2.96 bits per heavy atom. The van der Waals surface area contributed by atoms with Crippen LogP contribution in [0.25, 0.3) is 22.4 Å². The number of H-pyrrole nitrogens is 1. The van der Waals surface area contributed by atoms with E-state index in [-0.39, 0.29) is 11.6 Å². The second kappa shape index (κ2) is 7.01. The van der Waals surface area contributed by atoms with Crippen molar-refractivity contribution in [3.8, 4) is 11.5 Å². The minimum atomic E-state index is -0.0518. The summed E-state index contributed by atoms with van der Waals surface area (Å²) in [6, 6.07) is 15.4. The lowest BCUT2D eigenvalue weighted by Gasteiger charge is -2.21.